The van der Waals surface area contributed by atoms with Crippen LogP contribution in [0.2, 0.25) is 0 Å². The van der Waals surface area contributed by atoms with Crippen molar-refractivity contribution in [1.29, 1.82) is 0 Å². The number of benzene rings is 2. The van der Waals surface area contributed by atoms with Crippen molar-refractivity contribution in [3.05, 3.63) is 82.5 Å². The molecule has 0 saturated carbocycles. The first-order chi connectivity index (χ1) is 13.1. The van der Waals surface area contributed by atoms with Gasteiger partial charge >= 0.3 is 0 Å². The molecule has 4 rings (SSSR count). The number of nitro benzene ring substituents is 1. The van der Waals surface area contributed by atoms with Crippen molar-refractivity contribution >= 4 is 39.0 Å². The molecule has 2 aromatic carbocycles. The SMILES string of the molecule is O=C(Nc1cccc(-c2nc3cccnc3s2)c1)c1cccc([N+](=O)[O-])c1. The molecule has 27 heavy (non-hydrogen) atoms. The van der Waals surface area contributed by atoms with Gasteiger partial charge in [0.2, 0.25) is 0 Å². The summed E-state index contributed by atoms with van der Waals surface area (Å²) in [5.74, 6) is -0.415. The zero-order chi connectivity index (χ0) is 18.8. The third-order valence-electron chi connectivity index (χ3n) is 3.85. The number of nitrogens with one attached hydrogen (secondary N) is 1. The minimum absolute atomic E-state index is 0.127. The first-order valence-electron chi connectivity index (χ1n) is 7.98. The average Bonchev–Trinajstić information content (AvgIpc) is 3.12. The van der Waals surface area contributed by atoms with Gasteiger partial charge in [-0.2, -0.15) is 0 Å². The van der Waals surface area contributed by atoms with Gasteiger partial charge in [0, 0.05) is 35.1 Å². The van der Waals surface area contributed by atoms with Gasteiger partial charge in [0.25, 0.3) is 11.6 Å². The van der Waals surface area contributed by atoms with E-state index in [0.29, 0.717) is 5.69 Å². The van der Waals surface area contributed by atoms with Gasteiger partial charge < -0.3 is 5.32 Å². The van der Waals surface area contributed by atoms with Gasteiger partial charge in [-0.1, -0.05) is 29.5 Å². The van der Waals surface area contributed by atoms with Crippen molar-refractivity contribution < 1.29 is 9.72 Å². The quantitative estimate of drug-likeness (QED) is 0.417. The molecular formula is C19H12N4O3S. The highest BCUT2D eigenvalue weighted by Crippen LogP contribution is 2.30. The van der Waals surface area contributed by atoms with E-state index in [2.05, 4.69) is 15.3 Å². The molecule has 7 nitrogen and oxygen atoms in total. The number of carbonyl (C=O) groups is 1. The number of carbonyl (C=O) groups excluding carboxylic acids is 1. The average molecular weight is 376 g/mol. The summed E-state index contributed by atoms with van der Waals surface area (Å²) in [5, 5.41) is 14.4. The van der Waals surface area contributed by atoms with Crippen molar-refractivity contribution in [2.75, 3.05) is 5.32 Å². The Morgan fingerprint density at radius 2 is 1.93 bits per heavy atom. The Morgan fingerprint density at radius 3 is 2.74 bits per heavy atom. The van der Waals surface area contributed by atoms with Crippen LogP contribution in [-0.4, -0.2) is 20.8 Å². The van der Waals surface area contributed by atoms with E-state index in [0.717, 1.165) is 20.9 Å². The fraction of sp³-hybridized carbons (Fsp3) is 0. The molecule has 1 amide bonds. The molecule has 0 saturated heterocycles. The van der Waals surface area contributed by atoms with E-state index >= 15 is 0 Å². The number of thiazole rings is 1. The molecule has 0 aliphatic rings. The number of fused-ring (bicyclic) bond motifs is 1. The van der Waals surface area contributed by atoms with Crippen LogP contribution < -0.4 is 5.32 Å². The summed E-state index contributed by atoms with van der Waals surface area (Å²) in [7, 11) is 0. The van der Waals surface area contributed by atoms with Crippen LogP contribution in [0.15, 0.2) is 66.9 Å². The molecule has 0 spiro atoms. The lowest BCUT2D eigenvalue weighted by Crippen LogP contribution is -2.12. The molecule has 132 valence electrons. The number of hydrogen-bond donors (Lipinski definition) is 1. The summed E-state index contributed by atoms with van der Waals surface area (Å²) in [4.78, 5) is 32.5. The number of rotatable bonds is 4. The molecule has 4 aromatic rings. The van der Waals surface area contributed by atoms with Gasteiger partial charge in [-0.25, -0.2) is 9.97 Å². The molecule has 2 aromatic heterocycles. The van der Waals surface area contributed by atoms with Gasteiger partial charge in [-0.15, -0.1) is 0 Å². The summed E-state index contributed by atoms with van der Waals surface area (Å²) < 4.78 is 0. The van der Waals surface area contributed by atoms with Crippen LogP contribution in [0.1, 0.15) is 10.4 Å². The van der Waals surface area contributed by atoms with Crippen molar-refractivity contribution in [3.63, 3.8) is 0 Å². The normalized spacial score (nSPS) is 10.7. The van der Waals surface area contributed by atoms with Crippen molar-refractivity contribution in [2.24, 2.45) is 0 Å². The Balaban J connectivity index is 1.60. The first-order valence-corrected chi connectivity index (χ1v) is 8.79. The minimum Gasteiger partial charge on any atom is -0.322 e. The summed E-state index contributed by atoms with van der Waals surface area (Å²) in [6.07, 6.45) is 1.72. The van der Waals surface area contributed by atoms with E-state index in [9.17, 15) is 14.9 Å². The van der Waals surface area contributed by atoms with Crippen LogP contribution in [0, 0.1) is 10.1 Å². The fourth-order valence-electron chi connectivity index (χ4n) is 2.59. The van der Waals surface area contributed by atoms with Gasteiger partial charge in [0.15, 0.2) is 0 Å². The smallest absolute Gasteiger partial charge is 0.270 e. The van der Waals surface area contributed by atoms with E-state index < -0.39 is 10.8 Å². The number of amides is 1. The van der Waals surface area contributed by atoms with Crippen molar-refractivity contribution in [3.8, 4) is 10.6 Å². The molecular weight excluding hydrogens is 364 g/mol. The Hall–Kier alpha value is -3.65. The molecule has 0 radical (unpaired) electrons. The predicted octanol–water partition coefficient (Wildman–Crippen LogP) is 4.52. The predicted molar refractivity (Wildman–Crippen MR) is 104 cm³/mol. The monoisotopic (exact) mass is 376 g/mol. The Bertz CT molecular complexity index is 1140. The van der Waals surface area contributed by atoms with E-state index in [1.807, 2.05) is 30.3 Å². The molecule has 0 bridgehead atoms. The molecule has 0 unspecified atom stereocenters. The van der Waals surface area contributed by atoms with Crippen LogP contribution >= 0.6 is 11.3 Å². The lowest BCUT2D eigenvalue weighted by Gasteiger charge is -2.06. The highest BCUT2D eigenvalue weighted by molar-refractivity contribution is 7.21. The van der Waals surface area contributed by atoms with E-state index in [1.165, 1.54) is 35.6 Å². The lowest BCUT2D eigenvalue weighted by atomic mass is 10.1. The molecule has 8 heteroatoms. The summed E-state index contributed by atoms with van der Waals surface area (Å²) in [5.41, 5.74) is 2.35. The second-order valence-electron chi connectivity index (χ2n) is 5.69. The van der Waals surface area contributed by atoms with Crippen LogP contribution in [0.3, 0.4) is 0 Å². The summed E-state index contributed by atoms with van der Waals surface area (Å²) in [6, 6.07) is 16.6. The van der Waals surface area contributed by atoms with Crippen LogP contribution in [0.25, 0.3) is 20.9 Å². The van der Waals surface area contributed by atoms with Gasteiger partial charge in [-0.3, -0.25) is 14.9 Å². The molecule has 0 aliphatic heterocycles. The van der Waals surface area contributed by atoms with E-state index in [4.69, 9.17) is 0 Å². The van der Waals surface area contributed by atoms with Crippen LogP contribution in [0.5, 0.6) is 0 Å². The molecule has 0 fully saturated rings. The number of non-ortho nitro benzene ring substituents is 1. The topological polar surface area (TPSA) is 98.0 Å². The number of anilines is 1. The first kappa shape index (κ1) is 16.8. The molecule has 1 N–H and O–H groups in total. The van der Waals surface area contributed by atoms with E-state index in [1.54, 1.807) is 12.3 Å². The number of aromatic nitrogens is 2. The zero-order valence-electron chi connectivity index (χ0n) is 13.8. The third kappa shape index (κ3) is 3.51. The van der Waals surface area contributed by atoms with Gasteiger partial charge in [0.05, 0.1) is 4.92 Å². The highest BCUT2D eigenvalue weighted by atomic mass is 32.1. The Morgan fingerprint density at radius 1 is 1.07 bits per heavy atom. The maximum atomic E-state index is 12.4. The zero-order valence-corrected chi connectivity index (χ0v) is 14.6. The van der Waals surface area contributed by atoms with Crippen molar-refractivity contribution in [1.82, 2.24) is 9.97 Å². The maximum Gasteiger partial charge on any atom is 0.270 e. The molecule has 2 heterocycles. The summed E-state index contributed by atoms with van der Waals surface area (Å²) >= 11 is 1.47. The third-order valence-corrected chi connectivity index (χ3v) is 4.88. The van der Waals surface area contributed by atoms with Gasteiger partial charge in [0.1, 0.15) is 15.4 Å². The summed E-state index contributed by atoms with van der Waals surface area (Å²) in [6.45, 7) is 0. The second-order valence-corrected chi connectivity index (χ2v) is 6.67. The Kier molecular flexibility index (Phi) is 4.31. The molecule has 0 aliphatic carbocycles. The fourth-order valence-corrected chi connectivity index (χ4v) is 3.49. The van der Waals surface area contributed by atoms with Gasteiger partial charge in [-0.05, 0) is 30.3 Å². The lowest BCUT2D eigenvalue weighted by molar-refractivity contribution is -0.384. The number of nitrogens with zero attached hydrogens (tertiary/aromatic N) is 3. The van der Waals surface area contributed by atoms with Crippen LogP contribution in [-0.2, 0) is 0 Å². The van der Waals surface area contributed by atoms with Crippen LogP contribution in [0.4, 0.5) is 11.4 Å². The largest absolute Gasteiger partial charge is 0.322 e. The van der Waals surface area contributed by atoms with Crippen molar-refractivity contribution in [2.45, 2.75) is 0 Å². The maximum absolute atomic E-state index is 12.4. The minimum atomic E-state index is -0.529. The highest BCUT2D eigenvalue weighted by Gasteiger charge is 2.13. The number of pyridine rings is 1. The molecule has 0 atom stereocenters. The number of nitro groups is 1. The number of hydrogen-bond acceptors (Lipinski definition) is 6. The van der Waals surface area contributed by atoms with E-state index in [-0.39, 0.29) is 11.3 Å². The Labute approximate surface area is 157 Å². The standard InChI is InChI=1S/C19H12N4O3S/c24-17(12-4-2-7-15(11-12)23(25)26)21-14-6-1-5-13(10-14)18-22-16-8-3-9-20-19(16)27-18/h1-11H,(H,21,24). The second kappa shape index (κ2) is 6.93.